The molecule has 2 rings (SSSR count). The largest absolute Gasteiger partial charge is 0.462 e. The fourth-order valence-electron chi connectivity index (χ4n) is 2.33. The third-order valence-electron chi connectivity index (χ3n) is 3.34. The number of nitrogens with two attached hydrogens (primary N) is 1. The van der Waals surface area contributed by atoms with Crippen LogP contribution in [0, 0.1) is 0 Å². The minimum atomic E-state index is -0.433. The summed E-state index contributed by atoms with van der Waals surface area (Å²) in [7, 11) is 0. The van der Waals surface area contributed by atoms with E-state index >= 15 is 0 Å². The number of nitrogens with zero attached hydrogens (tertiary/aromatic N) is 2. The average molecular weight is 253 g/mol. The van der Waals surface area contributed by atoms with Crippen molar-refractivity contribution in [3.05, 3.63) is 11.8 Å². The zero-order valence-corrected chi connectivity index (χ0v) is 10.5. The number of nitrogen functional groups attached to an aromatic ring is 1. The van der Waals surface area contributed by atoms with Gasteiger partial charge in [0.2, 0.25) is 0 Å². The number of anilines is 1. The number of ether oxygens (including phenoxy) is 1. The van der Waals surface area contributed by atoms with E-state index in [-0.39, 0.29) is 12.1 Å². The molecule has 1 aliphatic carbocycles. The number of aromatic nitrogens is 2. The first-order valence-corrected chi connectivity index (χ1v) is 6.31. The minimum Gasteiger partial charge on any atom is -0.462 e. The van der Waals surface area contributed by atoms with Crippen LogP contribution in [0.15, 0.2) is 6.20 Å². The molecule has 0 spiro atoms. The normalized spacial score (nSPS) is 23.9. The minimum absolute atomic E-state index is 0.163. The molecule has 0 aromatic carbocycles. The lowest BCUT2D eigenvalue weighted by molar-refractivity contribution is 0.0527. The van der Waals surface area contributed by atoms with Gasteiger partial charge in [-0.1, -0.05) is 0 Å². The molecule has 1 aliphatic rings. The molecule has 0 radical (unpaired) electrons. The van der Waals surface area contributed by atoms with Gasteiger partial charge in [-0.2, -0.15) is 5.10 Å². The van der Waals surface area contributed by atoms with Gasteiger partial charge in [-0.05, 0) is 32.6 Å². The van der Waals surface area contributed by atoms with Crippen LogP contribution >= 0.6 is 0 Å². The third-order valence-corrected chi connectivity index (χ3v) is 3.34. The zero-order valence-electron chi connectivity index (χ0n) is 10.5. The Morgan fingerprint density at radius 3 is 2.83 bits per heavy atom. The van der Waals surface area contributed by atoms with Gasteiger partial charge in [0, 0.05) is 0 Å². The summed E-state index contributed by atoms with van der Waals surface area (Å²) in [6.07, 6.45) is 4.39. The zero-order chi connectivity index (χ0) is 13.1. The van der Waals surface area contributed by atoms with Crippen molar-refractivity contribution in [3.8, 4) is 0 Å². The van der Waals surface area contributed by atoms with Crippen LogP contribution < -0.4 is 5.73 Å². The maximum Gasteiger partial charge on any atom is 0.343 e. The van der Waals surface area contributed by atoms with E-state index in [1.807, 2.05) is 0 Å². The quantitative estimate of drug-likeness (QED) is 0.788. The van der Waals surface area contributed by atoms with E-state index in [2.05, 4.69) is 5.10 Å². The summed E-state index contributed by atoms with van der Waals surface area (Å²) in [4.78, 5) is 11.6. The Morgan fingerprint density at radius 2 is 2.22 bits per heavy atom. The summed E-state index contributed by atoms with van der Waals surface area (Å²) in [6.45, 7) is 2.07. The molecule has 0 amide bonds. The van der Waals surface area contributed by atoms with Crippen molar-refractivity contribution in [2.24, 2.45) is 0 Å². The third kappa shape index (κ3) is 2.48. The first-order chi connectivity index (χ1) is 8.63. The molecule has 1 aromatic heterocycles. The molecule has 100 valence electrons. The molecule has 6 nitrogen and oxygen atoms in total. The number of hydrogen-bond donors (Lipinski definition) is 2. The molecule has 0 saturated heterocycles. The summed E-state index contributed by atoms with van der Waals surface area (Å²) < 4.78 is 6.59. The molecule has 0 bridgehead atoms. The van der Waals surface area contributed by atoms with Gasteiger partial charge >= 0.3 is 5.97 Å². The van der Waals surface area contributed by atoms with Crippen molar-refractivity contribution in [2.75, 3.05) is 12.3 Å². The maximum atomic E-state index is 11.6. The van der Waals surface area contributed by atoms with Gasteiger partial charge in [0.05, 0.1) is 24.9 Å². The summed E-state index contributed by atoms with van der Waals surface area (Å²) in [5, 5.41) is 13.6. The summed E-state index contributed by atoms with van der Waals surface area (Å²) >= 11 is 0. The molecule has 0 aliphatic heterocycles. The highest BCUT2D eigenvalue weighted by Crippen LogP contribution is 2.30. The Balaban J connectivity index is 2.13. The monoisotopic (exact) mass is 253 g/mol. The molecule has 1 saturated carbocycles. The highest BCUT2D eigenvalue weighted by Gasteiger charge is 2.25. The predicted molar refractivity (Wildman–Crippen MR) is 66.1 cm³/mol. The lowest BCUT2D eigenvalue weighted by Gasteiger charge is -2.26. The lowest BCUT2D eigenvalue weighted by atomic mass is 9.93. The molecule has 0 unspecified atom stereocenters. The standard InChI is InChI=1S/C12H19N3O3/c1-2-18-12(17)10-7-14-15(11(10)13)8-3-5-9(16)6-4-8/h7-9,16H,2-6,13H2,1H3/t8-,9+. The molecule has 3 N–H and O–H groups in total. The van der Waals surface area contributed by atoms with Crippen molar-refractivity contribution < 1.29 is 14.6 Å². The second-order valence-electron chi connectivity index (χ2n) is 4.57. The highest BCUT2D eigenvalue weighted by atomic mass is 16.5. The number of esters is 1. The van der Waals surface area contributed by atoms with Gasteiger partial charge in [0.25, 0.3) is 0 Å². The van der Waals surface area contributed by atoms with E-state index in [0.717, 1.165) is 25.7 Å². The Bertz CT molecular complexity index is 422. The number of aliphatic hydroxyl groups excluding tert-OH is 1. The van der Waals surface area contributed by atoms with E-state index in [0.29, 0.717) is 18.0 Å². The average Bonchev–Trinajstić information content (AvgIpc) is 2.73. The SMILES string of the molecule is CCOC(=O)c1cnn([C@H]2CC[C@@H](O)CC2)c1N. The van der Waals surface area contributed by atoms with Crippen LogP contribution in [0.25, 0.3) is 0 Å². The van der Waals surface area contributed by atoms with Crippen LogP contribution in [-0.4, -0.2) is 33.6 Å². The molecule has 0 atom stereocenters. The second-order valence-corrected chi connectivity index (χ2v) is 4.57. The molecule has 1 aromatic rings. The van der Waals surface area contributed by atoms with Crippen molar-refractivity contribution in [3.63, 3.8) is 0 Å². The number of carbonyl (C=O) groups excluding carboxylic acids is 1. The molecule has 18 heavy (non-hydrogen) atoms. The maximum absolute atomic E-state index is 11.6. The fraction of sp³-hybridized carbons (Fsp3) is 0.667. The van der Waals surface area contributed by atoms with Crippen LogP contribution in [0.1, 0.15) is 49.0 Å². The smallest absolute Gasteiger partial charge is 0.343 e. The summed E-state index contributed by atoms with van der Waals surface area (Å²) in [5.41, 5.74) is 6.26. The topological polar surface area (TPSA) is 90.4 Å². The second kappa shape index (κ2) is 5.39. The van der Waals surface area contributed by atoms with Crippen molar-refractivity contribution in [1.29, 1.82) is 0 Å². The van der Waals surface area contributed by atoms with E-state index in [1.165, 1.54) is 6.20 Å². The van der Waals surface area contributed by atoms with Gasteiger partial charge in [-0.15, -0.1) is 0 Å². The summed E-state index contributed by atoms with van der Waals surface area (Å²) in [5.74, 6) is -0.0769. The van der Waals surface area contributed by atoms with Gasteiger partial charge in [-0.25, -0.2) is 9.48 Å². The molecule has 6 heteroatoms. The Kier molecular flexibility index (Phi) is 3.86. The van der Waals surface area contributed by atoms with E-state index in [4.69, 9.17) is 10.5 Å². The van der Waals surface area contributed by atoms with Crippen LogP contribution in [0.5, 0.6) is 0 Å². The van der Waals surface area contributed by atoms with E-state index in [9.17, 15) is 9.90 Å². The Morgan fingerprint density at radius 1 is 1.56 bits per heavy atom. The van der Waals surface area contributed by atoms with Crippen LogP contribution in [0.4, 0.5) is 5.82 Å². The summed E-state index contributed by atoms with van der Waals surface area (Å²) in [6, 6.07) is 0.163. The van der Waals surface area contributed by atoms with Gasteiger partial charge in [-0.3, -0.25) is 0 Å². The van der Waals surface area contributed by atoms with Gasteiger partial charge in [0.1, 0.15) is 11.4 Å². The first-order valence-electron chi connectivity index (χ1n) is 6.31. The molecular weight excluding hydrogens is 234 g/mol. The van der Waals surface area contributed by atoms with Crippen LogP contribution in [-0.2, 0) is 4.74 Å². The van der Waals surface area contributed by atoms with E-state index in [1.54, 1.807) is 11.6 Å². The highest BCUT2D eigenvalue weighted by molar-refractivity contribution is 5.93. The Hall–Kier alpha value is -1.56. The van der Waals surface area contributed by atoms with E-state index < -0.39 is 5.97 Å². The fourth-order valence-corrected chi connectivity index (χ4v) is 2.33. The number of aliphatic hydroxyl groups is 1. The number of carbonyl (C=O) groups is 1. The number of hydrogen-bond acceptors (Lipinski definition) is 5. The Labute approximate surface area is 106 Å². The van der Waals surface area contributed by atoms with Crippen LogP contribution in [0.3, 0.4) is 0 Å². The molecular formula is C12H19N3O3. The van der Waals surface area contributed by atoms with Crippen molar-refractivity contribution in [1.82, 2.24) is 9.78 Å². The molecule has 1 heterocycles. The predicted octanol–water partition coefficient (Wildman–Crippen LogP) is 1.12. The lowest BCUT2D eigenvalue weighted by Crippen LogP contribution is -2.23. The van der Waals surface area contributed by atoms with Crippen molar-refractivity contribution in [2.45, 2.75) is 44.8 Å². The van der Waals surface area contributed by atoms with Gasteiger partial charge < -0.3 is 15.6 Å². The van der Waals surface area contributed by atoms with Crippen LogP contribution in [0.2, 0.25) is 0 Å². The molecule has 1 fully saturated rings. The van der Waals surface area contributed by atoms with Gasteiger partial charge in [0.15, 0.2) is 0 Å². The first kappa shape index (κ1) is 12.9. The number of rotatable bonds is 3. The van der Waals surface area contributed by atoms with Crippen molar-refractivity contribution >= 4 is 11.8 Å².